The van der Waals surface area contributed by atoms with E-state index in [2.05, 4.69) is 27.3 Å². The van der Waals surface area contributed by atoms with Crippen molar-refractivity contribution in [1.82, 2.24) is 20.2 Å². The van der Waals surface area contributed by atoms with Crippen molar-refractivity contribution in [2.45, 2.75) is 6.92 Å². The second kappa shape index (κ2) is 7.76. The van der Waals surface area contributed by atoms with Crippen LogP contribution in [0, 0.1) is 6.92 Å². The number of aromatic nitrogens is 4. The van der Waals surface area contributed by atoms with Gasteiger partial charge in [0.1, 0.15) is 21.0 Å². The Labute approximate surface area is 193 Å². The van der Waals surface area contributed by atoms with Crippen molar-refractivity contribution < 1.29 is 0 Å². The van der Waals surface area contributed by atoms with Crippen molar-refractivity contribution in [2.24, 2.45) is 0 Å². The number of rotatable bonds is 3. The number of hydrogen-bond acceptors (Lipinski definition) is 5. The highest BCUT2D eigenvalue weighted by Gasteiger charge is 2.21. The monoisotopic (exact) mass is 446 g/mol. The summed E-state index contributed by atoms with van der Waals surface area (Å²) in [5, 5.41) is 9.96. The smallest absolute Gasteiger partial charge is 0.269 e. The number of aryl methyl sites for hydroxylation is 1. The molecule has 33 heavy (non-hydrogen) atoms. The highest BCUT2D eigenvalue weighted by atomic mass is 32.1. The van der Waals surface area contributed by atoms with Crippen LogP contribution in [0.5, 0.6) is 0 Å². The molecular formula is C27H18N4OS. The molecule has 6 heteroatoms. The Morgan fingerprint density at radius 2 is 1.42 bits per heavy atom. The van der Waals surface area contributed by atoms with E-state index in [0.29, 0.717) is 20.9 Å². The van der Waals surface area contributed by atoms with Crippen LogP contribution in [0.3, 0.4) is 0 Å². The zero-order chi connectivity index (χ0) is 22.4. The van der Waals surface area contributed by atoms with E-state index in [0.717, 1.165) is 38.9 Å². The fourth-order valence-corrected chi connectivity index (χ4v) is 5.03. The molecule has 5 nitrogen and oxygen atoms in total. The van der Waals surface area contributed by atoms with E-state index in [1.165, 1.54) is 11.3 Å². The van der Waals surface area contributed by atoms with Crippen molar-refractivity contribution in [1.29, 1.82) is 0 Å². The fraction of sp³-hybridized carbons (Fsp3) is 0.0370. The van der Waals surface area contributed by atoms with Gasteiger partial charge in [0.2, 0.25) is 0 Å². The van der Waals surface area contributed by atoms with Crippen molar-refractivity contribution >= 4 is 31.8 Å². The zero-order valence-corrected chi connectivity index (χ0v) is 18.6. The predicted octanol–water partition coefficient (Wildman–Crippen LogP) is 6.24. The first kappa shape index (κ1) is 19.5. The Bertz CT molecular complexity index is 1670. The third-order valence-corrected chi connectivity index (χ3v) is 6.75. The molecule has 0 unspecified atom stereocenters. The molecule has 3 aromatic heterocycles. The standard InChI is InChI=1S/C27H18N4OS/c1-16-12-14-19(15-13-16)25-28-23-21-20(17-8-4-2-5-9-17)22(18-10-6-3-7-11-18)30-31-27(21)33-24(23)26(32)29-25/h2-15H,1H3,(H,28,29,32). The third kappa shape index (κ3) is 3.32. The Morgan fingerprint density at radius 3 is 2.12 bits per heavy atom. The molecule has 0 bridgehead atoms. The maximum atomic E-state index is 13.1. The van der Waals surface area contributed by atoms with Crippen LogP contribution in [-0.2, 0) is 0 Å². The number of aromatic amines is 1. The topological polar surface area (TPSA) is 71.5 Å². The molecule has 3 aromatic carbocycles. The molecule has 0 saturated heterocycles. The average Bonchev–Trinajstić information content (AvgIpc) is 3.24. The van der Waals surface area contributed by atoms with Gasteiger partial charge >= 0.3 is 0 Å². The summed E-state index contributed by atoms with van der Waals surface area (Å²) in [4.78, 5) is 21.7. The lowest BCUT2D eigenvalue weighted by Gasteiger charge is -2.10. The number of nitrogens with zero attached hydrogens (tertiary/aromatic N) is 3. The van der Waals surface area contributed by atoms with Gasteiger partial charge in [0.15, 0.2) is 0 Å². The fourth-order valence-electron chi connectivity index (χ4n) is 4.07. The Morgan fingerprint density at radius 1 is 0.758 bits per heavy atom. The molecule has 0 aliphatic carbocycles. The van der Waals surface area contributed by atoms with Gasteiger partial charge in [-0.05, 0) is 12.5 Å². The van der Waals surface area contributed by atoms with Gasteiger partial charge in [-0.3, -0.25) is 4.79 Å². The number of benzene rings is 3. The van der Waals surface area contributed by atoms with Crippen LogP contribution in [0.25, 0.3) is 54.2 Å². The first-order valence-electron chi connectivity index (χ1n) is 10.6. The Hall–Kier alpha value is -4.16. The summed E-state index contributed by atoms with van der Waals surface area (Å²) in [6.45, 7) is 2.03. The molecule has 6 rings (SSSR count). The van der Waals surface area contributed by atoms with E-state index < -0.39 is 0 Å². The first-order chi connectivity index (χ1) is 16.2. The number of hydrogen-bond donors (Lipinski definition) is 1. The summed E-state index contributed by atoms with van der Waals surface area (Å²) in [5.74, 6) is 0.546. The number of H-pyrrole nitrogens is 1. The van der Waals surface area contributed by atoms with Gasteiger partial charge in [0, 0.05) is 22.1 Å². The first-order valence-corrected chi connectivity index (χ1v) is 11.4. The molecule has 0 fully saturated rings. The summed E-state index contributed by atoms with van der Waals surface area (Å²) in [6.07, 6.45) is 0. The summed E-state index contributed by atoms with van der Waals surface area (Å²) < 4.78 is 0.553. The largest absolute Gasteiger partial charge is 0.305 e. The van der Waals surface area contributed by atoms with Crippen LogP contribution in [0.2, 0.25) is 0 Å². The van der Waals surface area contributed by atoms with Crippen molar-refractivity contribution in [2.75, 3.05) is 0 Å². The van der Waals surface area contributed by atoms with Crippen molar-refractivity contribution in [3.63, 3.8) is 0 Å². The lowest BCUT2D eigenvalue weighted by molar-refractivity contribution is 1.09. The third-order valence-electron chi connectivity index (χ3n) is 5.69. The van der Waals surface area contributed by atoms with E-state index >= 15 is 0 Å². The van der Waals surface area contributed by atoms with E-state index in [1.54, 1.807) is 0 Å². The maximum Gasteiger partial charge on any atom is 0.269 e. The van der Waals surface area contributed by atoms with Gasteiger partial charge < -0.3 is 4.98 Å². The number of thiophene rings is 1. The normalized spacial score (nSPS) is 11.3. The molecule has 0 radical (unpaired) electrons. The van der Waals surface area contributed by atoms with E-state index in [4.69, 9.17) is 4.98 Å². The lowest BCUT2D eigenvalue weighted by atomic mass is 9.97. The Kier molecular flexibility index (Phi) is 4.59. The molecule has 0 aliphatic rings. The second-order valence-electron chi connectivity index (χ2n) is 7.90. The summed E-state index contributed by atoms with van der Waals surface area (Å²) in [7, 11) is 0. The average molecular weight is 447 g/mol. The summed E-state index contributed by atoms with van der Waals surface area (Å²) in [5.41, 5.74) is 6.18. The number of nitrogens with one attached hydrogen (secondary N) is 1. The SMILES string of the molecule is Cc1ccc(-c2nc3c(sc4nnc(-c5ccccc5)c(-c5ccccc5)c43)c(=O)[nH]2)cc1. The molecule has 158 valence electrons. The molecule has 0 spiro atoms. The second-order valence-corrected chi connectivity index (χ2v) is 8.90. The molecule has 0 atom stereocenters. The van der Waals surface area contributed by atoms with Gasteiger partial charge in [0.05, 0.1) is 5.52 Å². The van der Waals surface area contributed by atoms with Gasteiger partial charge in [-0.25, -0.2) is 4.98 Å². The Balaban J connectivity index is 1.74. The molecule has 3 heterocycles. The molecule has 1 N–H and O–H groups in total. The molecule has 6 aromatic rings. The van der Waals surface area contributed by atoms with Crippen molar-refractivity contribution in [3.8, 4) is 33.8 Å². The highest BCUT2D eigenvalue weighted by Crippen LogP contribution is 2.41. The van der Waals surface area contributed by atoms with Crippen LogP contribution >= 0.6 is 11.3 Å². The predicted molar refractivity (Wildman–Crippen MR) is 134 cm³/mol. The van der Waals surface area contributed by atoms with Crippen molar-refractivity contribution in [3.05, 3.63) is 101 Å². The number of fused-ring (bicyclic) bond motifs is 3. The van der Waals surface area contributed by atoms with Gasteiger partial charge in [-0.2, -0.15) is 0 Å². The van der Waals surface area contributed by atoms with Gasteiger partial charge in [0.25, 0.3) is 5.56 Å². The lowest BCUT2D eigenvalue weighted by Crippen LogP contribution is -2.07. The van der Waals surface area contributed by atoms with E-state index in [9.17, 15) is 4.79 Å². The van der Waals surface area contributed by atoms with Gasteiger partial charge in [-0.15, -0.1) is 21.5 Å². The summed E-state index contributed by atoms with van der Waals surface area (Å²) >= 11 is 1.33. The van der Waals surface area contributed by atoms with Crippen LogP contribution in [0.15, 0.2) is 89.7 Å². The van der Waals surface area contributed by atoms with Crippen LogP contribution in [0.4, 0.5) is 0 Å². The molecular weight excluding hydrogens is 428 g/mol. The molecule has 0 saturated carbocycles. The minimum absolute atomic E-state index is 0.168. The van der Waals surface area contributed by atoms with Crippen LogP contribution < -0.4 is 5.56 Å². The minimum atomic E-state index is -0.168. The minimum Gasteiger partial charge on any atom is -0.305 e. The van der Waals surface area contributed by atoms with E-state index in [1.807, 2.05) is 79.7 Å². The summed E-state index contributed by atoms with van der Waals surface area (Å²) in [6, 6.07) is 28.1. The van der Waals surface area contributed by atoms with E-state index in [-0.39, 0.29) is 5.56 Å². The molecule has 0 amide bonds. The van der Waals surface area contributed by atoms with Crippen LogP contribution in [-0.4, -0.2) is 20.2 Å². The zero-order valence-electron chi connectivity index (χ0n) is 17.7. The highest BCUT2D eigenvalue weighted by molar-refractivity contribution is 7.25. The van der Waals surface area contributed by atoms with Crippen LogP contribution in [0.1, 0.15) is 5.56 Å². The van der Waals surface area contributed by atoms with Gasteiger partial charge in [-0.1, -0.05) is 90.5 Å². The maximum absolute atomic E-state index is 13.1. The quantitative estimate of drug-likeness (QED) is 0.349. The molecule has 0 aliphatic heterocycles.